The Bertz CT molecular complexity index is 1170. The number of ether oxygens (including phenoxy) is 4. The van der Waals surface area contributed by atoms with Crippen molar-refractivity contribution in [3.8, 4) is 23.0 Å². The van der Waals surface area contributed by atoms with E-state index in [0.29, 0.717) is 66.9 Å². The molecule has 9 nitrogen and oxygen atoms in total. The van der Waals surface area contributed by atoms with Crippen molar-refractivity contribution < 1.29 is 33.6 Å². The number of Topliss-reactive ketones (excluding diaryl/α,β-unsaturated/α-hetero) is 1. The number of likely N-dealkylation sites (tertiary alicyclic amines) is 1. The average molecular weight is 497 g/mol. The molecule has 0 saturated carbocycles. The molecule has 1 saturated heterocycles. The number of hydrogen-bond acceptors (Lipinski definition) is 8. The van der Waals surface area contributed by atoms with Gasteiger partial charge in [0, 0.05) is 12.1 Å². The number of benzene rings is 2. The molecule has 0 radical (unpaired) electrons. The van der Waals surface area contributed by atoms with Gasteiger partial charge in [0.2, 0.25) is 0 Å². The second-order valence-electron chi connectivity index (χ2n) is 8.85. The Kier molecular flexibility index (Phi) is 7.69. The van der Waals surface area contributed by atoms with Crippen LogP contribution in [0.2, 0.25) is 0 Å². The Labute approximate surface area is 210 Å². The van der Waals surface area contributed by atoms with Gasteiger partial charge in [0.05, 0.1) is 25.3 Å². The Hall–Kier alpha value is -3.72. The fourth-order valence-electron chi connectivity index (χ4n) is 4.49. The molecule has 0 spiro atoms. The van der Waals surface area contributed by atoms with Gasteiger partial charge in [-0.3, -0.25) is 9.59 Å². The molecule has 1 fully saturated rings. The zero-order valence-electron chi connectivity index (χ0n) is 21.1. The fraction of sp³-hybridized carbons (Fsp3) is 0.407. The summed E-state index contributed by atoms with van der Waals surface area (Å²) in [5.41, 5.74) is 1.03. The first kappa shape index (κ1) is 25.4. The molecule has 2 heterocycles. The Balaban J connectivity index is 1.81. The number of methoxy groups -OCH3 is 1. The number of nitrogens with zero attached hydrogens (tertiary/aromatic N) is 2. The lowest BCUT2D eigenvalue weighted by molar-refractivity contribution is -0.139. The van der Waals surface area contributed by atoms with Crippen molar-refractivity contribution in [2.24, 2.45) is 0 Å². The van der Waals surface area contributed by atoms with Gasteiger partial charge < -0.3 is 33.9 Å². The average Bonchev–Trinajstić information content (AvgIpc) is 3.13. The Morgan fingerprint density at radius 2 is 1.83 bits per heavy atom. The van der Waals surface area contributed by atoms with Crippen LogP contribution in [0.25, 0.3) is 5.76 Å². The van der Waals surface area contributed by atoms with Crippen LogP contribution in [0.4, 0.5) is 0 Å². The van der Waals surface area contributed by atoms with E-state index in [1.54, 1.807) is 36.4 Å². The zero-order valence-corrected chi connectivity index (χ0v) is 21.1. The lowest BCUT2D eigenvalue weighted by Gasteiger charge is -2.26. The SMILES string of the molecule is CCOc1ccc([C@@H]2C(=C(O)c3ccc4c(c3)OCCO4)C(=O)C(=O)N2CCCN(C)C)cc1OC. The van der Waals surface area contributed by atoms with E-state index >= 15 is 0 Å². The maximum Gasteiger partial charge on any atom is 0.295 e. The molecule has 36 heavy (non-hydrogen) atoms. The van der Waals surface area contributed by atoms with Crippen molar-refractivity contribution in [1.29, 1.82) is 0 Å². The maximum atomic E-state index is 13.3. The topological polar surface area (TPSA) is 97.8 Å². The molecule has 2 aliphatic rings. The molecule has 1 N–H and O–H groups in total. The molecule has 0 unspecified atom stereocenters. The third-order valence-electron chi connectivity index (χ3n) is 6.16. The minimum Gasteiger partial charge on any atom is -0.507 e. The van der Waals surface area contributed by atoms with E-state index in [9.17, 15) is 14.7 Å². The molecule has 2 aromatic carbocycles. The largest absolute Gasteiger partial charge is 0.507 e. The second-order valence-corrected chi connectivity index (χ2v) is 8.85. The van der Waals surface area contributed by atoms with E-state index in [4.69, 9.17) is 18.9 Å². The normalized spacial score (nSPS) is 18.6. The number of ketones is 1. The molecule has 0 bridgehead atoms. The minimum absolute atomic E-state index is 0.0211. The standard InChI is InChI=1S/C27H32N2O7/c1-5-34-19-9-7-17(15-21(19)33-4)24-23(26(31)27(32)29(24)12-6-11-28(2)3)25(30)18-8-10-20-22(16-18)36-14-13-35-20/h7-10,15-16,24,30H,5-6,11-14H2,1-4H3/t24-/m1/s1. The molecule has 2 aliphatic heterocycles. The Morgan fingerprint density at radius 1 is 1.08 bits per heavy atom. The first-order valence-electron chi connectivity index (χ1n) is 12.0. The third kappa shape index (κ3) is 4.97. The molecular formula is C27H32N2O7. The summed E-state index contributed by atoms with van der Waals surface area (Å²) < 4.78 is 22.4. The Morgan fingerprint density at radius 3 is 2.53 bits per heavy atom. The summed E-state index contributed by atoms with van der Waals surface area (Å²) in [5, 5.41) is 11.4. The van der Waals surface area contributed by atoms with E-state index in [0.717, 1.165) is 6.54 Å². The lowest BCUT2D eigenvalue weighted by atomic mass is 9.94. The first-order chi connectivity index (χ1) is 17.3. The number of fused-ring (bicyclic) bond motifs is 1. The van der Waals surface area contributed by atoms with Crippen molar-refractivity contribution in [2.75, 3.05) is 54.1 Å². The van der Waals surface area contributed by atoms with Crippen LogP contribution in [-0.4, -0.2) is 80.7 Å². The highest BCUT2D eigenvalue weighted by molar-refractivity contribution is 6.46. The molecular weight excluding hydrogens is 464 g/mol. The lowest BCUT2D eigenvalue weighted by Crippen LogP contribution is -2.32. The number of carbonyl (C=O) groups excluding carboxylic acids is 2. The van der Waals surface area contributed by atoms with Crippen LogP contribution in [0.1, 0.15) is 30.5 Å². The maximum absolute atomic E-state index is 13.3. The number of carbonyl (C=O) groups is 2. The summed E-state index contributed by atoms with van der Waals surface area (Å²) in [6.45, 7) is 4.25. The van der Waals surface area contributed by atoms with E-state index < -0.39 is 17.7 Å². The van der Waals surface area contributed by atoms with Crippen LogP contribution in [0.15, 0.2) is 42.0 Å². The van der Waals surface area contributed by atoms with Gasteiger partial charge in [0.25, 0.3) is 11.7 Å². The van der Waals surface area contributed by atoms with E-state index in [1.807, 2.05) is 25.9 Å². The van der Waals surface area contributed by atoms with Crippen LogP contribution in [0, 0.1) is 0 Å². The van der Waals surface area contributed by atoms with Gasteiger partial charge in [-0.2, -0.15) is 0 Å². The number of aliphatic hydroxyl groups excluding tert-OH is 1. The number of hydrogen-bond donors (Lipinski definition) is 1. The third-order valence-corrected chi connectivity index (χ3v) is 6.16. The number of aliphatic hydroxyl groups is 1. The van der Waals surface area contributed by atoms with Gasteiger partial charge in [-0.1, -0.05) is 6.07 Å². The smallest absolute Gasteiger partial charge is 0.295 e. The highest BCUT2D eigenvalue weighted by atomic mass is 16.6. The highest BCUT2D eigenvalue weighted by Gasteiger charge is 2.46. The highest BCUT2D eigenvalue weighted by Crippen LogP contribution is 2.43. The van der Waals surface area contributed by atoms with Crippen molar-refractivity contribution in [2.45, 2.75) is 19.4 Å². The summed E-state index contributed by atoms with van der Waals surface area (Å²) in [7, 11) is 5.43. The molecule has 0 aliphatic carbocycles. The van der Waals surface area contributed by atoms with Gasteiger partial charge in [0.1, 0.15) is 19.0 Å². The van der Waals surface area contributed by atoms with Crippen LogP contribution in [0.5, 0.6) is 23.0 Å². The molecule has 2 aromatic rings. The quantitative estimate of drug-likeness (QED) is 0.321. The fourth-order valence-corrected chi connectivity index (χ4v) is 4.49. The van der Waals surface area contributed by atoms with E-state index in [2.05, 4.69) is 0 Å². The monoisotopic (exact) mass is 496 g/mol. The van der Waals surface area contributed by atoms with Crippen LogP contribution >= 0.6 is 0 Å². The van der Waals surface area contributed by atoms with Crippen molar-refractivity contribution in [3.63, 3.8) is 0 Å². The molecule has 192 valence electrons. The summed E-state index contributed by atoms with van der Waals surface area (Å²) in [6, 6.07) is 9.47. The van der Waals surface area contributed by atoms with Crippen LogP contribution in [0.3, 0.4) is 0 Å². The van der Waals surface area contributed by atoms with Gasteiger partial charge in [-0.25, -0.2) is 0 Å². The molecule has 9 heteroatoms. The van der Waals surface area contributed by atoms with Crippen LogP contribution in [-0.2, 0) is 9.59 Å². The summed E-state index contributed by atoms with van der Waals surface area (Å²) >= 11 is 0. The van der Waals surface area contributed by atoms with Crippen LogP contribution < -0.4 is 18.9 Å². The number of rotatable bonds is 9. The predicted octanol–water partition coefficient (Wildman–Crippen LogP) is 3.24. The van der Waals surface area contributed by atoms with Gasteiger partial charge in [-0.05, 0) is 69.9 Å². The van der Waals surface area contributed by atoms with Gasteiger partial charge in [-0.15, -0.1) is 0 Å². The first-order valence-corrected chi connectivity index (χ1v) is 12.0. The summed E-state index contributed by atoms with van der Waals surface area (Å²) in [4.78, 5) is 30.0. The molecule has 1 amide bonds. The summed E-state index contributed by atoms with van der Waals surface area (Å²) in [5.74, 6) is 0.432. The summed E-state index contributed by atoms with van der Waals surface area (Å²) in [6.07, 6.45) is 0.661. The van der Waals surface area contributed by atoms with Gasteiger partial charge in [0.15, 0.2) is 23.0 Å². The van der Waals surface area contributed by atoms with Crippen molar-refractivity contribution in [3.05, 3.63) is 53.1 Å². The second kappa shape index (κ2) is 10.9. The molecule has 1 atom stereocenters. The van der Waals surface area contributed by atoms with E-state index in [1.165, 1.54) is 12.0 Å². The van der Waals surface area contributed by atoms with Gasteiger partial charge >= 0.3 is 0 Å². The number of amides is 1. The minimum atomic E-state index is -0.787. The zero-order chi connectivity index (χ0) is 25.8. The predicted molar refractivity (Wildman–Crippen MR) is 134 cm³/mol. The van der Waals surface area contributed by atoms with E-state index in [-0.39, 0.29) is 11.3 Å². The molecule has 4 rings (SSSR count). The van der Waals surface area contributed by atoms with Crippen molar-refractivity contribution >= 4 is 17.4 Å². The van der Waals surface area contributed by atoms with Crippen molar-refractivity contribution in [1.82, 2.24) is 9.80 Å². The molecule has 0 aromatic heterocycles.